The summed E-state index contributed by atoms with van der Waals surface area (Å²) in [5.41, 5.74) is 4.31. The molecular weight excluding hydrogens is 146 g/mol. The fraction of sp³-hybridized carbons (Fsp3) is 0.636. The summed E-state index contributed by atoms with van der Waals surface area (Å²) in [5, 5.41) is 0. The van der Waals surface area contributed by atoms with Crippen LogP contribution in [0.3, 0.4) is 0 Å². The van der Waals surface area contributed by atoms with Crippen LogP contribution in [0, 0.1) is 5.92 Å². The van der Waals surface area contributed by atoms with Crippen molar-refractivity contribution in [1.29, 1.82) is 0 Å². The van der Waals surface area contributed by atoms with E-state index in [2.05, 4.69) is 46.3 Å². The van der Waals surface area contributed by atoms with Crippen LogP contribution in [0.15, 0.2) is 23.3 Å². The minimum absolute atomic E-state index is 0.597. The Labute approximate surface area is 75.8 Å². The summed E-state index contributed by atoms with van der Waals surface area (Å²) >= 11 is 0. The van der Waals surface area contributed by atoms with Gasteiger partial charge in [-0.3, -0.25) is 0 Å². The van der Waals surface area contributed by atoms with E-state index in [1.165, 1.54) is 16.7 Å². The van der Waals surface area contributed by atoms with Crippen molar-refractivity contribution in [3.8, 4) is 0 Å². The molecule has 1 fully saturated rings. The van der Waals surface area contributed by atoms with Crippen molar-refractivity contribution in [2.45, 2.75) is 26.8 Å². The smallest absolute Gasteiger partial charge is 0.0408 e. The SMILES string of the molecule is C=C1C(C(C)=C(C)C)C1N(C)C. The van der Waals surface area contributed by atoms with Crippen molar-refractivity contribution < 1.29 is 0 Å². The number of likely N-dealkylation sites (N-methyl/N-ethyl adjacent to an activating group) is 1. The van der Waals surface area contributed by atoms with Crippen molar-refractivity contribution in [3.05, 3.63) is 23.3 Å². The first-order valence-electron chi connectivity index (χ1n) is 4.46. The molecule has 0 N–H and O–H groups in total. The molecule has 1 rings (SSSR count). The van der Waals surface area contributed by atoms with Gasteiger partial charge in [-0.1, -0.05) is 23.3 Å². The van der Waals surface area contributed by atoms with Gasteiger partial charge in [-0.05, 0) is 34.9 Å². The van der Waals surface area contributed by atoms with E-state index < -0.39 is 0 Å². The van der Waals surface area contributed by atoms with Crippen molar-refractivity contribution in [3.63, 3.8) is 0 Å². The molecule has 1 heteroatoms. The van der Waals surface area contributed by atoms with Gasteiger partial charge in [0.1, 0.15) is 0 Å². The highest BCUT2D eigenvalue weighted by molar-refractivity contribution is 5.42. The Kier molecular flexibility index (Phi) is 2.43. The summed E-state index contributed by atoms with van der Waals surface area (Å²) in [6, 6.07) is 0.597. The Hall–Kier alpha value is -0.560. The normalized spacial score (nSPS) is 27.7. The van der Waals surface area contributed by atoms with Crippen LogP contribution < -0.4 is 0 Å². The molecule has 2 unspecified atom stereocenters. The van der Waals surface area contributed by atoms with Crippen LogP contribution in [0.2, 0.25) is 0 Å². The molecule has 1 aliphatic rings. The maximum Gasteiger partial charge on any atom is 0.0408 e. The Bertz CT molecular complexity index is 231. The summed E-state index contributed by atoms with van der Waals surface area (Å²) < 4.78 is 0. The average molecular weight is 165 g/mol. The van der Waals surface area contributed by atoms with Crippen LogP contribution >= 0.6 is 0 Å². The average Bonchev–Trinajstić information content (AvgIpc) is 2.59. The number of rotatable bonds is 2. The maximum absolute atomic E-state index is 4.08. The third-order valence-corrected chi connectivity index (χ3v) is 2.80. The molecule has 0 spiro atoms. The lowest BCUT2D eigenvalue weighted by Crippen LogP contribution is -2.16. The Morgan fingerprint density at radius 2 is 1.75 bits per heavy atom. The standard InChI is InChI=1S/C11H19N/c1-7(2)8(3)10-9(4)11(10)12(5)6/h10-11H,4H2,1-3,5-6H3. The number of hydrogen-bond donors (Lipinski definition) is 0. The van der Waals surface area contributed by atoms with Gasteiger partial charge in [0.05, 0.1) is 0 Å². The fourth-order valence-corrected chi connectivity index (χ4v) is 1.75. The molecule has 1 saturated carbocycles. The van der Waals surface area contributed by atoms with Crippen LogP contribution in [0.5, 0.6) is 0 Å². The largest absolute Gasteiger partial charge is 0.302 e. The van der Waals surface area contributed by atoms with E-state index in [1.54, 1.807) is 0 Å². The van der Waals surface area contributed by atoms with E-state index in [9.17, 15) is 0 Å². The second-order valence-electron chi connectivity index (χ2n) is 4.14. The molecular formula is C11H19N. The van der Waals surface area contributed by atoms with E-state index in [0.29, 0.717) is 12.0 Å². The second kappa shape index (κ2) is 3.06. The van der Waals surface area contributed by atoms with Gasteiger partial charge in [0, 0.05) is 12.0 Å². The summed E-state index contributed by atoms with van der Waals surface area (Å²) in [5.74, 6) is 0.630. The second-order valence-corrected chi connectivity index (χ2v) is 4.14. The maximum atomic E-state index is 4.08. The van der Waals surface area contributed by atoms with E-state index in [-0.39, 0.29) is 0 Å². The Balaban J connectivity index is 2.72. The third-order valence-electron chi connectivity index (χ3n) is 2.80. The first kappa shape index (κ1) is 9.53. The number of nitrogens with zero attached hydrogens (tertiary/aromatic N) is 1. The zero-order valence-electron chi connectivity index (χ0n) is 8.81. The predicted molar refractivity (Wildman–Crippen MR) is 54.2 cm³/mol. The molecule has 0 saturated heterocycles. The first-order chi connectivity index (χ1) is 5.46. The van der Waals surface area contributed by atoms with Gasteiger partial charge in [0.15, 0.2) is 0 Å². The molecule has 0 bridgehead atoms. The van der Waals surface area contributed by atoms with Gasteiger partial charge in [-0.25, -0.2) is 0 Å². The lowest BCUT2D eigenvalue weighted by atomic mass is 10.1. The topological polar surface area (TPSA) is 3.24 Å². The molecule has 0 radical (unpaired) electrons. The quantitative estimate of drug-likeness (QED) is 0.568. The molecule has 0 aliphatic heterocycles. The zero-order valence-corrected chi connectivity index (χ0v) is 8.81. The molecule has 0 aromatic carbocycles. The number of hydrogen-bond acceptors (Lipinski definition) is 1. The molecule has 0 aromatic rings. The van der Waals surface area contributed by atoms with E-state index in [0.717, 1.165) is 0 Å². The van der Waals surface area contributed by atoms with Gasteiger partial charge >= 0.3 is 0 Å². The molecule has 0 amide bonds. The van der Waals surface area contributed by atoms with Gasteiger partial charge in [0.2, 0.25) is 0 Å². The highest BCUT2D eigenvalue weighted by Gasteiger charge is 2.44. The molecule has 12 heavy (non-hydrogen) atoms. The summed E-state index contributed by atoms with van der Waals surface area (Å²) in [6.07, 6.45) is 0. The van der Waals surface area contributed by atoms with Crippen molar-refractivity contribution in [1.82, 2.24) is 4.90 Å². The van der Waals surface area contributed by atoms with E-state index in [1.807, 2.05) is 0 Å². The van der Waals surface area contributed by atoms with Crippen molar-refractivity contribution in [2.75, 3.05) is 14.1 Å². The minimum atomic E-state index is 0.597. The van der Waals surface area contributed by atoms with Gasteiger partial charge in [-0.2, -0.15) is 0 Å². The van der Waals surface area contributed by atoms with Crippen LogP contribution in [-0.4, -0.2) is 25.0 Å². The molecule has 0 heterocycles. The Morgan fingerprint density at radius 1 is 1.25 bits per heavy atom. The lowest BCUT2D eigenvalue weighted by Gasteiger charge is -2.08. The highest BCUT2D eigenvalue weighted by Crippen LogP contribution is 2.46. The predicted octanol–water partition coefficient (Wildman–Crippen LogP) is 2.46. The van der Waals surface area contributed by atoms with Crippen LogP contribution in [0.1, 0.15) is 20.8 Å². The van der Waals surface area contributed by atoms with E-state index in [4.69, 9.17) is 0 Å². The zero-order chi connectivity index (χ0) is 9.46. The molecule has 1 aliphatic carbocycles. The van der Waals surface area contributed by atoms with Crippen LogP contribution in [0.25, 0.3) is 0 Å². The molecule has 1 nitrogen and oxygen atoms in total. The van der Waals surface area contributed by atoms with E-state index >= 15 is 0 Å². The molecule has 0 aromatic heterocycles. The lowest BCUT2D eigenvalue weighted by molar-refractivity contribution is 0.392. The van der Waals surface area contributed by atoms with Crippen LogP contribution in [-0.2, 0) is 0 Å². The molecule has 68 valence electrons. The van der Waals surface area contributed by atoms with Gasteiger partial charge in [0.25, 0.3) is 0 Å². The first-order valence-corrected chi connectivity index (χ1v) is 4.46. The van der Waals surface area contributed by atoms with Crippen LogP contribution in [0.4, 0.5) is 0 Å². The van der Waals surface area contributed by atoms with Gasteiger partial charge in [-0.15, -0.1) is 0 Å². The van der Waals surface area contributed by atoms with Crippen molar-refractivity contribution >= 4 is 0 Å². The fourth-order valence-electron chi connectivity index (χ4n) is 1.75. The monoisotopic (exact) mass is 165 g/mol. The van der Waals surface area contributed by atoms with Crippen molar-refractivity contribution in [2.24, 2.45) is 5.92 Å². The summed E-state index contributed by atoms with van der Waals surface area (Å²) in [7, 11) is 4.24. The highest BCUT2D eigenvalue weighted by atomic mass is 15.1. The minimum Gasteiger partial charge on any atom is -0.302 e. The summed E-state index contributed by atoms with van der Waals surface area (Å²) in [4.78, 5) is 2.25. The van der Waals surface area contributed by atoms with Gasteiger partial charge < -0.3 is 4.90 Å². The number of allylic oxidation sites excluding steroid dienone is 1. The third kappa shape index (κ3) is 1.46. The molecule has 2 atom stereocenters. The summed E-state index contributed by atoms with van der Waals surface area (Å²) in [6.45, 7) is 10.6. The Morgan fingerprint density at radius 3 is 2.00 bits per heavy atom.